The number of rotatable bonds is 7. The monoisotopic (exact) mass is 437 g/mol. The molecule has 0 fully saturated rings. The van der Waals surface area contributed by atoms with Crippen LogP contribution in [0.2, 0.25) is 0 Å². The van der Waals surface area contributed by atoms with Gasteiger partial charge in [0.1, 0.15) is 11.6 Å². The Labute approximate surface area is 183 Å². The Bertz CT molecular complexity index is 1270. The van der Waals surface area contributed by atoms with Gasteiger partial charge in [0.2, 0.25) is 11.6 Å². The van der Waals surface area contributed by atoms with Gasteiger partial charge in [-0.2, -0.15) is 4.52 Å². The number of ether oxygens (including phenoxy) is 3. The number of nitrogen functional groups attached to an aromatic ring is 1. The third-order valence-corrected chi connectivity index (χ3v) is 4.87. The second-order valence-electron chi connectivity index (χ2n) is 7.00. The quantitative estimate of drug-likeness (QED) is 0.452. The lowest BCUT2D eigenvalue weighted by Crippen LogP contribution is -2.23. The van der Waals surface area contributed by atoms with Crippen LogP contribution in [0.1, 0.15) is 21.7 Å². The average molecular weight is 437 g/mol. The third-order valence-electron chi connectivity index (χ3n) is 4.87. The van der Waals surface area contributed by atoms with Crippen molar-refractivity contribution >= 4 is 17.4 Å². The first kappa shape index (κ1) is 21.0. The molecule has 1 aromatic carbocycles. The molecule has 32 heavy (non-hydrogen) atoms. The summed E-state index contributed by atoms with van der Waals surface area (Å²) in [5, 5.41) is 7.23. The molecule has 0 radical (unpaired) electrons. The Morgan fingerprint density at radius 3 is 2.41 bits per heavy atom. The van der Waals surface area contributed by atoms with E-state index in [2.05, 4.69) is 15.4 Å². The molecule has 166 valence electrons. The maximum absolute atomic E-state index is 12.8. The van der Waals surface area contributed by atoms with Crippen LogP contribution in [0.5, 0.6) is 17.2 Å². The van der Waals surface area contributed by atoms with Gasteiger partial charge in [-0.1, -0.05) is 0 Å². The molecular weight excluding hydrogens is 414 g/mol. The molecule has 3 heterocycles. The number of nitrogens with two attached hydrogens (primary N) is 1. The number of hydrogen-bond acceptors (Lipinski definition) is 8. The van der Waals surface area contributed by atoms with Gasteiger partial charge >= 0.3 is 0 Å². The molecule has 0 unspecified atom stereocenters. The van der Waals surface area contributed by atoms with E-state index in [1.54, 1.807) is 30.3 Å². The molecule has 10 nitrogen and oxygen atoms in total. The summed E-state index contributed by atoms with van der Waals surface area (Å²) in [6, 6.07) is 10.3. The van der Waals surface area contributed by atoms with Crippen molar-refractivity contribution in [3.8, 4) is 28.8 Å². The Kier molecular flexibility index (Phi) is 5.59. The molecule has 4 aromatic rings. The molecule has 1 amide bonds. The van der Waals surface area contributed by atoms with Crippen molar-refractivity contribution in [2.75, 3.05) is 27.1 Å². The number of nitrogens with zero attached hydrogens (tertiary/aromatic N) is 3. The number of nitrogens with one attached hydrogen (secondary N) is 1. The van der Waals surface area contributed by atoms with Crippen LogP contribution in [0.15, 0.2) is 40.8 Å². The molecule has 0 atom stereocenters. The fourth-order valence-electron chi connectivity index (χ4n) is 3.32. The molecule has 0 aliphatic rings. The van der Waals surface area contributed by atoms with E-state index < -0.39 is 0 Å². The molecule has 0 saturated heterocycles. The molecule has 4 rings (SSSR count). The number of aryl methyl sites for hydroxylation is 1. The zero-order chi connectivity index (χ0) is 22.8. The number of carbonyl (C=O) groups excluding carboxylic acids is 1. The van der Waals surface area contributed by atoms with Gasteiger partial charge < -0.3 is 29.7 Å². The summed E-state index contributed by atoms with van der Waals surface area (Å²) >= 11 is 0. The average Bonchev–Trinajstić information content (AvgIpc) is 3.42. The van der Waals surface area contributed by atoms with E-state index in [-0.39, 0.29) is 18.3 Å². The first-order valence-corrected chi connectivity index (χ1v) is 9.73. The van der Waals surface area contributed by atoms with E-state index in [1.165, 1.54) is 25.8 Å². The van der Waals surface area contributed by atoms with Gasteiger partial charge in [-0.15, -0.1) is 5.10 Å². The maximum Gasteiger partial charge on any atom is 0.251 e. The van der Waals surface area contributed by atoms with E-state index in [9.17, 15) is 4.79 Å². The molecule has 0 saturated carbocycles. The fraction of sp³-hybridized carbons (Fsp3) is 0.227. The van der Waals surface area contributed by atoms with Gasteiger partial charge in [0, 0.05) is 12.1 Å². The van der Waals surface area contributed by atoms with Crippen molar-refractivity contribution in [1.82, 2.24) is 19.9 Å². The number of aromatic nitrogens is 3. The largest absolute Gasteiger partial charge is 0.493 e. The normalized spacial score (nSPS) is 10.9. The summed E-state index contributed by atoms with van der Waals surface area (Å²) in [6.45, 7) is 2.08. The minimum atomic E-state index is -0.314. The van der Waals surface area contributed by atoms with Gasteiger partial charge in [-0.05, 0) is 48.9 Å². The van der Waals surface area contributed by atoms with E-state index in [0.717, 1.165) is 11.3 Å². The fourth-order valence-corrected chi connectivity index (χ4v) is 3.32. The highest BCUT2D eigenvalue weighted by molar-refractivity contribution is 5.96. The van der Waals surface area contributed by atoms with Crippen LogP contribution in [-0.2, 0) is 6.54 Å². The summed E-state index contributed by atoms with van der Waals surface area (Å²) in [5.41, 5.74) is 7.68. The van der Waals surface area contributed by atoms with Crippen molar-refractivity contribution in [2.45, 2.75) is 13.5 Å². The van der Waals surface area contributed by atoms with Crippen molar-refractivity contribution in [3.63, 3.8) is 0 Å². The maximum atomic E-state index is 12.8. The first-order chi connectivity index (χ1) is 15.4. The Morgan fingerprint density at radius 1 is 1.09 bits per heavy atom. The summed E-state index contributed by atoms with van der Waals surface area (Å²) < 4.78 is 23.1. The van der Waals surface area contributed by atoms with Gasteiger partial charge in [-0.3, -0.25) is 4.79 Å². The predicted octanol–water partition coefficient (Wildman–Crippen LogP) is 2.84. The molecule has 3 aromatic heterocycles. The van der Waals surface area contributed by atoms with Crippen molar-refractivity contribution < 1.29 is 23.4 Å². The Hall–Kier alpha value is -4.21. The van der Waals surface area contributed by atoms with Crippen LogP contribution in [0, 0.1) is 6.92 Å². The summed E-state index contributed by atoms with van der Waals surface area (Å²) in [4.78, 5) is 17.2. The lowest BCUT2D eigenvalue weighted by molar-refractivity contribution is 0.0951. The Balaban J connectivity index is 1.56. The number of benzene rings is 1. The van der Waals surface area contributed by atoms with Gasteiger partial charge in [0.25, 0.3) is 5.91 Å². The number of methoxy groups -OCH3 is 3. The van der Waals surface area contributed by atoms with Crippen LogP contribution in [0.3, 0.4) is 0 Å². The van der Waals surface area contributed by atoms with E-state index in [0.29, 0.717) is 40.0 Å². The highest BCUT2D eigenvalue weighted by Crippen LogP contribution is 2.38. The SMILES string of the molecule is COc1cc(CNC(=O)c2cc(N)n3nc(-c4ccc(C)o4)nc3c2)cc(OC)c1OC. The molecule has 10 heteroatoms. The van der Waals surface area contributed by atoms with E-state index in [1.807, 2.05) is 13.0 Å². The highest BCUT2D eigenvalue weighted by atomic mass is 16.5. The molecule has 0 spiro atoms. The van der Waals surface area contributed by atoms with Crippen LogP contribution in [0.25, 0.3) is 17.2 Å². The zero-order valence-corrected chi connectivity index (χ0v) is 18.1. The smallest absolute Gasteiger partial charge is 0.251 e. The van der Waals surface area contributed by atoms with Crippen molar-refractivity contribution in [3.05, 3.63) is 53.3 Å². The summed E-state index contributed by atoms with van der Waals surface area (Å²) in [6.07, 6.45) is 0. The van der Waals surface area contributed by atoms with Crippen LogP contribution >= 0.6 is 0 Å². The van der Waals surface area contributed by atoms with Gasteiger partial charge in [0.15, 0.2) is 22.9 Å². The second-order valence-corrected chi connectivity index (χ2v) is 7.00. The number of pyridine rings is 1. The number of carbonyl (C=O) groups is 1. The lowest BCUT2D eigenvalue weighted by atomic mass is 10.1. The van der Waals surface area contributed by atoms with Gasteiger partial charge in [-0.25, -0.2) is 4.98 Å². The van der Waals surface area contributed by atoms with Crippen LogP contribution in [0.4, 0.5) is 5.82 Å². The van der Waals surface area contributed by atoms with Crippen LogP contribution in [-0.4, -0.2) is 41.8 Å². The zero-order valence-electron chi connectivity index (χ0n) is 18.1. The standard InChI is InChI=1S/C22H23N5O5/c1-12-5-6-15(32-12)21-25-19-10-14(9-18(23)27(19)26-21)22(28)24-11-13-7-16(29-2)20(31-4)17(8-13)30-3/h5-10H,11,23H2,1-4H3,(H,24,28). The Morgan fingerprint density at radius 2 is 1.81 bits per heavy atom. The molecule has 0 bridgehead atoms. The third kappa shape index (κ3) is 3.89. The highest BCUT2D eigenvalue weighted by Gasteiger charge is 2.17. The first-order valence-electron chi connectivity index (χ1n) is 9.73. The topological polar surface area (TPSA) is 126 Å². The molecule has 0 aliphatic heterocycles. The predicted molar refractivity (Wildman–Crippen MR) is 117 cm³/mol. The molecule has 3 N–H and O–H groups in total. The summed E-state index contributed by atoms with van der Waals surface area (Å²) in [5.74, 6) is 3.13. The number of anilines is 1. The minimum Gasteiger partial charge on any atom is -0.493 e. The molecule has 0 aliphatic carbocycles. The van der Waals surface area contributed by atoms with E-state index >= 15 is 0 Å². The number of fused-ring (bicyclic) bond motifs is 1. The van der Waals surface area contributed by atoms with Gasteiger partial charge in [0.05, 0.1) is 21.3 Å². The number of amides is 1. The van der Waals surface area contributed by atoms with Crippen molar-refractivity contribution in [2.24, 2.45) is 0 Å². The lowest BCUT2D eigenvalue weighted by Gasteiger charge is -2.14. The molecular formula is C22H23N5O5. The number of furan rings is 1. The summed E-state index contributed by atoms with van der Waals surface area (Å²) in [7, 11) is 4.61. The van der Waals surface area contributed by atoms with Crippen molar-refractivity contribution in [1.29, 1.82) is 0 Å². The van der Waals surface area contributed by atoms with E-state index in [4.69, 9.17) is 24.4 Å². The number of hydrogen-bond donors (Lipinski definition) is 2. The van der Waals surface area contributed by atoms with Crippen LogP contribution < -0.4 is 25.3 Å². The minimum absolute atomic E-state index is 0.240. The second kappa shape index (κ2) is 8.50.